The maximum atomic E-state index is 11.9. The maximum absolute atomic E-state index is 11.9. The number of nitrogens with zero attached hydrogens (tertiary/aromatic N) is 2. The number of hydrogen-bond donors (Lipinski definition) is 3. The number of carbonyl (C=O) groups excluding carboxylic acids is 1. The lowest BCUT2D eigenvalue weighted by Gasteiger charge is -2.25. The smallest absolute Gasteiger partial charge is 0.315 e. The van der Waals surface area contributed by atoms with Gasteiger partial charge in [0.05, 0.1) is 11.8 Å². The van der Waals surface area contributed by atoms with Crippen LogP contribution in [0.1, 0.15) is 51.6 Å². The van der Waals surface area contributed by atoms with Gasteiger partial charge in [-0.2, -0.15) is 5.10 Å². The van der Waals surface area contributed by atoms with Gasteiger partial charge in [0.15, 0.2) is 0 Å². The largest absolute Gasteiger partial charge is 0.391 e. The molecular formula is C16H30N4O2. The fourth-order valence-corrected chi connectivity index (χ4v) is 2.32. The first kappa shape index (κ1) is 18.5. The summed E-state index contributed by atoms with van der Waals surface area (Å²) in [6.45, 7) is 10.7. The molecule has 0 aliphatic carbocycles. The summed E-state index contributed by atoms with van der Waals surface area (Å²) in [5, 5.41) is 20.0. The first-order valence-electron chi connectivity index (χ1n) is 7.94. The molecule has 126 valence electrons. The number of hydrogen-bond acceptors (Lipinski definition) is 3. The van der Waals surface area contributed by atoms with Gasteiger partial charge in [0, 0.05) is 31.4 Å². The van der Waals surface area contributed by atoms with Gasteiger partial charge < -0.3 is 15.7 Å². The van der Waals surface area contributed by atoms with Crippen molar-refractivity contribution in [3.8, 4) is 0 Å². The number of amides is 2. The van der Waals surface area contributed by atoms with Gasteiger partial charge in [-0.15, -0.1) is 0 Å². The van der Waals surface area contributed by atoms with Crippen molar-refractivity contribution >= 4 is 6.03 Å². The number of aryl methyl sites for hydroxylation is 2. The Balaban J connectivity index is 2.58. The summed E-state index contributed by atoms with van der Waals surface area (Å²) in [7, 11) is 1.93. The first-order valence-corrected chi connectivity index (χ1v) is 7.94. The molecule has 0 aromatic carbocycles. The molecule has 1 heterocycles. The van der Waals surface area contributed by atoms with E-state index in [2.05, 4.69) is 29.6 Å². The van der Waals surface area contributed by atoms with E-state index in [1.54, 1.807) is 0 Å². The third-order valence-electron chi connectivity index (χ3n) is 3.91. The summed E-state index contributed by atoms with van der Waals surface area (Å²) < 4.78 is 1.89. The highest BCUT2D eigenvalue weighted by molar-refractivity contribution is 5.73. The van der Waals surface area contributed by atoms with E-state index < -0.39 is 6.10 Å². The third-order valence-corrected chi connectivity index (χ3v) is 3.91. The van der Waals surface area contributed by atoms with Crippen molar-refractivity contribution in [1.29, 1.82) is 0 Å². The zero-order valence-electron chi connectivity index (χ0n) is 14.7. The summed E-state index contributed by atoms with van der Waals surface area (Å²) in [5.74, 6) is 0. The molecule has 0 aliphatic rings. The average molecular weight is 310 g/mol. The standard InChI is InChI=1S/C16H30N4O2/c1-7-12-11(13(8-2)20(6)19-12)9-17-15(22)18-10-14(21)16(3,4)5/h14,21H,7-10H2,1-6H3,(H2,17,18,22). The van der Waals surface area contributed by atoms with E-state index in [-0.39, 0.29) is 18.0 Å². The second-order valence-electron chi connectivity index (χ2n) is 6.65. The third kappa shape index (κ3) is 4.73. The van der Waals surface area contributed by atoms with Crippen LogP contribution in [0.25, 0.3) is 0 Å². The number of aromatic nitrogens is 2. The van der Waals surface area contributed by atoms with E-state index in [0.29, 0.717) is 6.54 Å². The van der Waals surface area contributed by atoms with Crippen LogP contribution in [-0.4, -0.2) is 33.6 Å². The molecule has 6 nitrogen and oxygen atoms in total. The Kier molecular flexibility index (Phi) is 6.41. The van der Waals surface area contributed by atoms with Gasteiger partial charge in [-0.3, -0.25) is 4.68 Å². The van der Waals surface area contributed by atoms with Crippen molar-refractivity contribution in [2.75, 3.05) is 6.54 Å². The van der Waals surface area contributed by atoms with Crippen molar-refractivity contribution in [3.05, 3.63) is 17.0 Å². The van der Waals surface area contributed by atoms with Crippen molar-refractivity contribution < 1.29 is 9.90 Å². The molecule has 1 atom stereocenters. The SMILES string of the molecule is CCc1nn(C)c(CC)c1CNC(=O)NCC(O)C(C)(C)C. The number of aliphatic hydroxyl groups excluding tert-OH is 1. The Morgan fingerprint density at radius 2 is 1.91 bits per heavy atom. The molecular weight excluding hydrogens is 280 g/mol. The van der Waals surface area contributed by atoms with Crippen LogP contribution in [0.3, 0.4) is 0 Å². The van der Waals surface area contributed by atoms with Crippen LogP contribution in [0.2, 0.25) is 0 Å². The second-order valence-corrected chi connectivity index (χ2v) is 6.65. The molecule has 1 rings (SSSR count). The molecule has 0 fully saturated rings. The molecule has 1 unspecified atom stereocenters. The van der Waals surface area contributed by atoms with E-state index in [1.807, 2.05) is 32.5 Å². The van der Waals surface area contributed by atoms with Crippen LogP contribution in [0, 0.1) is 5.41 Å². The molecule has 6 heteroatoms. The van der Waals surface area contributed by atoms with Crippen LogP contribution in [-0.2, 0) is 26.4 Å². The van der Waals surface area contributed by atoms with Gasteiger partial charge in [0.25, 0.3) is 0 Å². The molecule has 0 bridgehead atoms. The number of aliphatic hydroxyl groups is 1. The van der Waals surface area contributed by atoms with Crippen molar-refractivity contribution in [1.82, 2.24) is 20.4 Å². The molecule has 0 aliphatic heterocycles. The van der Waals surface area contributed by atoms with E-state index in [9.17, 15) is 9.90 Å². The summed E-state index contributed by atoms with van der Waals surface area (Å²) >= 11 is 0. The monoisotopic (exact) mass is 310 g/mol. The normalized spacial score (nSPS) is 13.0. The van der Waals surface area contributed by atoms with Crippen molar-refractivity contribution in [3.63, 3.8) is 0 Å². The quantitative estimate of drug-likeness (QED) is 0.749. The lowest BCUT2D eigenvalue weighted by molar-refractivity contribution is 0.0650. The van der Waals surface area contributed by atoms with Crippen LogP contribution >= 0.6 is 0 Å². The van der Waals surface area contributed by atoms with E-state index >= 15 is 0 Å². The van der Waals surface area contributed by atoms with Gasteiger partial charge in [-0.25, -0.2) is 4.79 Å². The highest BCUT2D eigenvalue weighted by Crippen LogP contribution is 2.18. The minimum atomic E-state index is -0.575. The van der Waals surface area contributed by atoms with Crippen LogP contribution in [0.15, 0.2) is 0 Å². The summed E-state index contributed by atoms with van der Waals surface area (Å²) in [6.07, 6.45) is 1.15. The molecule has 2 amide bonds. The van der Waals surface area contributed by atoms with E-state index in [0.717, 1.165) is 29.8 Å². The van der Waals surface area contributed by atoms with Crippen LogP contribution in [0.5, 0.6) is 0 Å². The lowest BCUT2D eigenvalue weighted by Crippen LogP contribution is -2.43. The zero-order valence-corrected chi connectivity index (χ0v) is 14.7. The van der Waals surface area contributed by atoms with Gasteiger partial charge in [-0.05, 0) is 18.3 Å². The zero-order chi connectivity index (χ0) is 16.9. The molecule has 1 aromatic heterocycles. The first-order chi connectivity index (χ1) is 10.2. The second kappa shape index (κ2) is 7.63. The molecule has 0 saturated carbocycles. The number of nitrogens with one attached hydrogen (secondary N) is 2. The van der Waals surface area contributed by atoms with Crippen molar-refractivity contribution in [2.24, 2.45) is 12.5 Å². The number of urea groups is 1. The Labute approximate surface area is 133 Å². The molecule has 1 aromatic rings. The fourth-order valence-electron chi connectivity index (χ4n) is 2.32. The summed E-state index contributed by atoms with van der Waals surface area (Å²) in [6, 6.07) is -0.267. The molecule has 3 N–H and O–H groups in total. The minimum Gasteiger partial charge on any atom is -0.391 e. The van der Waals surface area contributed by atoms with Gasteiger partial charge >= 0.3 is 6.03 Å². The van der Waals surface area contributed by atoms with Gasteiger partial charge in [0.1, 0.15) is 0 Å². The molecule has 0 radical (unpaired) electrons. The van der Waals surface area contributed by atoms with Crippen molar-refractivity contribution in [2.45, 2.75) is 60.1 Å². The Hall–Kier alpha value is -1.56. The lowest BCUT2D eigenvalue weighted by atomic mass is 9.89. The molecule has 0 saturated heterocycles. The average Bonchev–Trinajstić information content (AvgIpc) is 2.76. The highest BCUT2D eigenvalue weighted by atomic mass is 16.3. The number of rotatable bonds is 6. The Morgan fingerprint density at radius 1 is 1.27 bits per heavy atom. The molecule has 0 spiro atoms. The van der Waals surface area contributed by atoms with Crippen LogP contribution < -0.4 is 10.6 Å². The van der Waals surface area contributed by atoms with E-state index in [4.69, 9.17) is 0 Å². The maximum Gasteiger partial charge on any atom is 0.315 e. The summed E-state index contributed by atoms with van der Waals surface area (Å²) in [5.41, 5.74) is 3.02. The topological polar surface area (TPSA) is 79.2 Å². The number of carbonyl (C=O) groups is 1. The minimum absolute atomic E-state index is 0.240. The van der Waals surface area contributed by atoms with E-state index in [1.165, 1.54) is 0 Å². The Morgan fingerprint density at radius 3 is 2.41 bits per heavy atom. The molecule has 22 heavy (non-hydrogen) atoms. The Bertz CT molecular complexity index is 503. The summed E-state index contributed by atoms with van der Waals surface area (Å²) in [4.78, 5) is 11.9. The van der Waals surface area contributed by atoms with Gasteiger partial charge in [-0.1, -0.05) is 34.6 Å². The van der Waals surface area contributed by atoms with Gasteiger partial charge in [0.2, 0.25) is 0 Å². The highest BCUT2D eigenvalue weighted by Gasteiger charge is 2.22. The fraction of sp³-hybridized carbons (Fsp3) is 0.750. The predicted molar refractivity (Wildman–Crippen MR) is 87.7 cm³/mol. The van der Waals surface area contributed by atoms with Crippen LogP contribution in [0.4, 0.5) is 4.79 Å². The predicted octanol–water partition coefficient (Wildman–Crippen LogP) is 1.75.